The Morgan fingerprint density at radius 2 is 2.00 bits per heavy atom. The Morgan fingerprint density at radius 3 is 2.65 bits per heavy atom. The maximum absolute atomic E-state index is 13.0. The predicted molar refractivity (Wildman–Crippen MR) is 110 cm³/mol. The summed E-state index contributed by atoms with van der Waals surface area (Å²) in [4.78, 5) is 2.21. The van der Waals surface area contributed by atoms with Crippen molar-refractivity contribution in [1.82, 2.24) is 5.32 Å². The summed E-state index contributed by atoms with van der Waals surface area (Å²) in [5.74, 6) is 1.63. The Hall–Kier alpha value is -1.59. The van der Waals surface area contributed by atoms with E-state index in [9.17, 15) is 4.57 Å². The van der Waals surface area contributed by atoms with Crippen molar-refractivity contribution in [3.63, 3.8) is 0 Å². The van der Waals surface area contributed by atoms with Crippen LogP contribution >= 0.6 is 18.9 Å². The van der Waals surface area contributed by atoms with E-state index in [0.717, 1.165) is 30.0 Å². The van der Waals surface area contributed by atoms with Gasteiger partial charge < -0.3 is 19.3 Å². The summed E-state index contributed by atoms with van der Waals surface area (Å²) in [5, 5.41) is 7.61. The molecule has 1 aromatic heterocycles. The van der Waals surface area contributed by atoms with E-state index >= 15 is 0 Å². The number of nitrogens with zero attached hydrogens (tertiary/aromatic N) is 1. The first-order chi connectivity index (χ1) is 12.6. The predicted octanol–water partition coefficient (Wildman–Crippen LogP) is 5.02. The van der Waals surface area contributed by atoms with Crippen molar-refractivity contribution in [3.8, 4) is 11.1 Å². The lowest BCUT2D eigenvalue weighted by Gasteiger charge is -2.20. The maximum atomic E-state index is 13.0. The van der Waals surface area contributed by atoms with E-state index in [2.05, 4.69) is 52.3 Å². The number of hydrogen-bond donors (Lipinski definition) is 1. The third-order valence-electron chi connectivity index (χ3n) is 4.22. The van der Waals surface area contributed by atoms with Crippen LogP contribution in [0.1, 0.15) is 19.4 Å². The molecule has 0 saturated heterocycles. The molecule has 0 atom stereocenters. The lowest BCUT2D eigenvalue weighted by Crippen LogP contribution is -2.24. The lowest BCUT2D eigenvalue weighted by molar-refractivity contribution is 0.229. The molecule has 1 aromatic carbocycles. The summed E-state index contributed by atoms with van der Waals surface area (Å²) in [6, 6.07) is 8.48. The summed E-state index contributed by atoms with van der Waals surface area (Å²) < 4.78 is 23.9. The molecule has 0 saturated carbocycles. The Morgan fingerprint density at radius 1 is 1.23 bits per heavy atom. The summed E-state index contributed by atoms with van der Waals surface area (Å²) >= 11 is 1.69. The fraction of sp³-hybridized carbons (Fsp3) is 0.368. The van der Waals surface area contributed by atoms with Gasteiger partial charge in [-0.15, -0.1) is 0 Å². The monoisotopic (exact) mass is 392 g/mol. The first kappa shape index (κ1) is 19.2. The zero-order valence-electron chi connectivity index (χ0n) is 15.4. The zero-order chi connectivity index (χ0) is 18.6. The largest absolute Gasteiger partial charge is 0.382 e. The molecule has 0 radical (unpaired) electrons. The van der Waals surface area contributed by atoms with Gasteiger partial charge in [0, 0.05) is 31.4 Å². The number of nitrogens with one attached hydrogen (secondary N) is 1. The number of fused-ring (bicyclic) bond motifs is 1. The van der Waals surface area contributed by atoms with Crippen LogP contribution in [0.3, 0.4) is 0 Å². The Kier molecular flexibility index (Phi) is 6.20. The van der Waals surface area contributed by atoms with Gasteiger partial charge in [-0.3, -0.25) is 4.57 Å². The fourth-order valence-electron chi connectivity index (χ4n) is 3.00. The van der Waals surface area contributed by atoms with Crippen molar-refractivity contribution in [2.45, 2.75) is 13.8 Å². The van der Waals surface area contributed by atoms with Crippen LogP contribution in [0.4, 0.5) is 5.69 Å². The van der Waals surface area contributed by atoms with E-state index < -0.39 is 7.60 Å². The second kappa shape index (κ2) is 8.40. The van der Waals surface area contributed by atoms with E-state index in [1.807, 2.05) is 13.8 Å². The van der Waals surface area contributed by atoms with E-state index in [1.54, 1.807) is 17.2 Å². The van der Waals surface area contributed by atoms with Crippen LogP contribution in [0.5, 0.6) is 0 Å². The number of rotatable bonds is 6. The Bertz CT molecular complexity index is 810. The molecule has 2 aromatic rings. The number of likely N-dealkylation sites (N-methyl/N-ethyl adjacent to an activating group) is 1. The SMILES string of the molecule is CCOP(=O)(/C=C1\NCCN(C)c2cc(-c3ccsc3)ccc21)OCC. The Labute approximate surface area is 159 Å². The number of benzene rings is 1. The van der Waals surface area contributed by atoms with E-state index in [4.69, 9.17) is 9.05 Å². The van der Waals surface area contributed by atoms with Gasteiger partial charge >= 0.3 is 7.60 Å². The Balaban J connectivity index is 2.06. The van der Waals surface area contributed by atoms with Crippen molar-refractivity contribution < 1.29 is 13.6 Å². The van der Waals surface area contributed by atoms with E-state index in [1.165, 1.54) is 11.1 Å². The summed E-state index contributed by atoms with van der Waals surface area (Å²) in [6.07, 6.45) is 0. The fourth-order valence-corrected chi connectivity index (χ4v) is 5.16. The van der Waals surface area contributed by atoms with Gasteiger partial charge in [-0.25, -0.2) is 0 Å². The highest BCUT2D eigenvalue weighted by atomic mass is 32.1. The molecule has 5 nitrogen and oxygen atoms in total. The molecular formula is C19H25N2O3PS. The minimum Gasteiger partial charge on any atom is -0.382 e. The summed E-state index contributed by atoms with van der Waals surface area (Å²) in [5.41, 5.74) is 5.29. The molecule has 0 amide bonds. The molecule has 0 spiro atoms. The molecule has 26 heavy (non-hydrogen) atoms. The molecule has 0 bridgehead atoms. The number of thiophene rings is 1. The van der Waals surface area contributed by atoms with Crippen LogP contribution in [-0.4, -0.2) is 33.4 Å². The maximum Gasteiger partial charge on any atom is 0.356 e. The number of hydrogen-bond acceptors (Lipinski definition) is 6. The van der Waals surface area contributed by atoms with Crippen LogP contribution in [0.25, 0.3) is 16.8 Å². The van der Waals surface area contributed by atoms with Gasteiger partial charge in [-0.2, -0.15) is 11.3 Å². The quantitative estimate of drug-likeness (QED) is 0.700. The molecular weight excluding hydrogens is 367 g/mol. The van der Waals surface area contributed by atoms with Crippen molar-refractivity contribution in [2.75, 3.05) is 38.3 Å². The third-order valence-corrected chi connectivity index (χ3v) is 6.72. The van der Waals surface area contributed by atoms with Gasteiger partial charge in [0.05, 0.1) is 24.7 Å². The lowest BCUT2D eigenvalue weighted by atomic mass is 10.0. The molecule has 0 unspecified atom stereocenters. The topological polar surface area (TPSA) is 50.8 Å². The van der Waals surface area contributed by atoms with Crippen molar-refractivity contribution in [1.29, 1.82) is 0 Å². The average Bonchev–Trinajstić information content (AvgIpc) is 3.10. The highest BCUT2D eigenvalue weighted by Gasteiger charge is 2.25. The number of anilines is 1. The molecule has 0 aliphatic carbocycles. The molecule has 1 N–H and O–H groups in total. The smallest absolute Gasteiger partial charge is 0.356 e. The first-order valence-electron chi connectivity index (χ1n) is 8.80. The van der Waals surface area contributed by atoms with Crippen molar-refractivity contribution >= 4 is 30.3 Å². The molecule has 0 fully saturated rings. The minimum atomic E-state index is -3.28. The standard InChI is InChI=1S/C19H25N2O3PS/c1-4-23-25(22,24-5-2)13-18-17-7-6-15(16-8-11-26-14-16)12-19(17)21(3)10-9-20-18/h6-8,11-14,20H,4-5,9-10H2,1-3H3/b18-13-. The van der Waals surface area contributed by atoms with Crippen LogP contribution in [0.2, 0.25) is 0 Å². The molecule has 2 heterocycles. The van der Waals surface area contributed by atoms with Crippen molar-refractivity contribution in [3.05, 3.63) is 46.4 Å². The highest BCUT2D eigenvalue weighted by Crippen LogP contribution is 2.52. The van der Waals surface area contributed by atoms with Gasteiger partial charge in [0.15, 0.2) is 0 Å². The normalized spacial score (nSPS) is 16.3. The molecule has 140 valence electrons. The molecule has 7 heteroatoms. The molecule has 3 rings (SSSR count). The van der Waals surface area contributed by atoms with Crippen LogP contribution in [0.15, 0.2) is 40.8 Å². The van der Waals surface area contributed by atoms with Crippen molar-refractivity contribution in [2.24, 2.45) is 0 Å². The summed E-state index contributed by atoms with van der Waals surface area (Å²) in [6.45, 7) is 5.92. The van der Waals surface area contributed by atoms with Gasteiger partial charge in [0.2, 0.25) is 0 Å². The third kappa shape index (κ3) is 4.21. The second-order valence-electron chi connectivity index (χ2n) is 6.01. The van der Waals surface area contributed by atoms with E-state index in [-0.39, 0.29) is 0 Å². The van der Waals surface area contributed by atoms with E-state index in [0.29, 0.717) is 13.2 Å². The van der Waals surface area contributed by atoms with Crippen LogP contribution in [0, 0.1) is 0 Å². The molecule has 1 aliphatic heterocycles. The van der Waals surface area contributed by atoms with Crippen LogP contribution < -0.4 is 10.2 Å². The second-order valence-corrected chi connectivity index (χ2v) is 8.64. The zero-order valence-corrected chi connectivity index (χ0v) is 17.1. The average molecular weight is 392 g/mol. The first-order valence-corrected chi connectivity index (χ1v) is 11.4. The molecule has 1 aliphatic rings. The summed E-state index contributed by atoms with van der Waals surface area (Å²) in [7, 11) is -1.21. The minimum absolute atomic E-state index is 0.338. The van der Waals surface area contributed by atoms with Gasteiger partial charge in [-0.1, -0.05) is 12.1 Å². The van der Waals surface area contributed by atoms with Gasteiger partial charge in [-0.05, 0) is 47.9 Å². The highest BCUT2D eigenvalue weighted by molar-refractivity contribution is 7.57. The van der Waals surface area contributed by atoms with Crippen LogP contribution in [-0.2, 0) is 13.6 Å². The van der Waals surface area contributed by atoms with Gasteiger partial charge in [0.25, 0.3) is 0 Å². The van der Waals surface area contributed by atoms with Gasteiger partial charge in [0.1, 0.15) is 0 Å².